The quantitative estimate of drug-likeness (QED) is 0.670. The zero-order valence-electron chi connectivity index (χ0n) is 11.7. The maximum atomic E-state index is 4.48. The van der Waals surface area contributed by atoms with Crippen molar-refractivity contribution in [3.63, 3.8) is 0 Å². The number of nitrogens with zero attached hydrogens (tertiary/aromatic N) is 2. The van der Waals surface area contributed by atoms with Gasteiger partial charge in [-0.3, -0.25) is 0 Å². The molecular weight excluding hydrogens is 208 g/mol. The van der Waals surface area contributed by atoms with E-state index in [2.05, 4.69) is 65.0 Å². The third kappa shape index (κ3) is 2.21. The lowest BCUT2D eigenvalue weighted by Gasteiger charge is -2.20. The van der Waals surface area contributed by atoms with Gasteiger partial charge in [-0.25, -0.2) is 4.52 Å². The van der Waals surface area contributed by atoms with E-state index in [0.717, 1.165) is 0 Å². The second-order valence-corrected chi connectivity index (χ2v) is 6.81. The SMILES string of the molecule is CC(C)(C)c1ccc2c(C(C)(C)C)cnn2c1. The highest BCUT2D eigenvalue weighted by Gasteiger charge is 2.20. The minimum Gasteiger partial charge on any atom is -0.240 e. The molecule has 2 aromatic rings. The molecule has 2 nitrogen and oxygen atoms in total. The highest BCUT2D eigenvalue weighted by atomic mass is 15.2. The van der Waals surface area contributed by atoms with Gasteiger partial charge in [0.2, 0.25) is 0 Å². The molecule has 2 aromatic heterocycles. The Bertz CT molecular complexity index is 536. The Balaban J connectivity index is 2.61. The van der Waals surface area contributed by atoms with Crippen LogP contribution < -0.4 is 0 Å². The van der Waals surface area contributed by atoms with Crippen molar-refractivity contribution in [3.05, 3.63) is 35.7 Å². The highest BCUT2D eigenvalue weighted by molar-refractivity contribution is 5.57. The Morgan fingerprint density at radius 3 is 2.12 bits per heavy atom. The van der Waals surface area contributed by atoms with Crippen molar-refractivity contribution in [2.45, 2.75) is 52.4 Å². The van der Waals surface area contributed by atoms with Crippen LogP contribution in [0.25, 0.3) is 5.52 Å². The molecule has 0 radical (unpaired) electrons. The second-order valence-electron chi connectivity index (χ2n) is 6.81. The Morgan fingerprint density at radius 2 is 1.59 bits per heavy atom. The third-order valence-electron chi connectivity index (χ3n) is 3.19. The topological polar surface area (TPSA) is 17.3 Å². The molecule has 0 N–H and O–H groups in total. The van der Waals surface area contributed by atoms with Gasteiger partial charge in [0.05, 0.1) is 11.7 Å². The normalized spacial score (nSPS) is 13.3. The molecule has 17 heavy (non-hydrogen) atoms. The van der Waals surface area contributed by atoms with Crippen molar-refractivity contribution >= 4 is 5.52 Å². The van der Waals surface area contributed by atoms with E-state index in [1.807, 2.05) is 10.7 Å². The molecule has 0 bridgehead atoms. The molecule has 0 atom stereocenters. The zero-order valence-corrected chi connectivity index (χ0v) is 11.7. The second kappa shape index (κ2) is 3.59. The molecule has 0 aliphatic heterocycles. The summed E-state index contributed by atoms with van der Waals surface area (Å²) >= 11 is 0. The average Bonchev–Trinajstić information content (AvgIpc) is 2.57. The lowest BCUT2D eigenvalue weighted by Crippen LogP contribution is -2.13. The van der Waals surface area contributed by atoms with Gasteiger partial charge >= 0.3 is 0 Å². The fourth-order valence-electron chi connectivity index (χ4n) is 2.01. The van der Waals surface area contributed by atoms with Crippen molar-refractivity contribution < 1.29 is 0 Å². The maximum Gasteiger partial charge on any atom is 0.0699 e. The molecule has 0 saturated heterocycles. The van der Waals surface area contributed by atoms with Gasteiger partial charge in [0.1, 0.15) is 0 Å². The maximum absolute atomic E-state index is 4.48. The fourth-order valence-corrected chi connectivity index (χ4v) is 2.01. The molecule has 2 heteroatoms. The lowest BCUT2D eigenvalue weighted by atomic mass is 9.86. The minimum atomic E-state index is 0.144. The van der Waals surface area contributed by atoms with Crippen LogP contribution in [-0.4, -0.2) is 9.61 Å². The summed E-state index contributed by atoms with van der Waals surface area (Å²) in [7, 11) is 0. The van der Waals surface area contributed by atoms with Crippen LogP contribution in [0.2, 0.25) is 0 Å². The summed E-state index contributed by atoms with van der Waals surface area (Å²) in [5.74, 6) is 0. The lowest BCUT2D eigenvalue weighted by molar-refractivity contribution is 0.584. The Hall–Kier alpha value is -1.31. The molecule has 0 aliphatic rings. The Labute approximate surface area is 104 Å². The predicted molar refractivity (Wildman–Crippen MR) is 72.6 cm³/mol. The number of hydrogen-bond acceptors (Lipinski definition) is 1. The van der Waals surface area contributed by atoms with Gasteiger partial charge in [0.15, 0.2) is 0 Å². The summed E-state index contributed by atoms with van der Waals surface area (Å²) < 4.78 is 2.00. The van der Waals surface area contributed by atoms with E-state index in [-0.39, 0.29) is 10.8 Å². The van der Waals surface area contributed by atoms with E-state index < -0.39 is 0 Å². The van der Waals surface area contributed by atoms with E-state index in [4.69, 9.17) is 0 Å². The predicted octanol–water partition coefficient (Wildman–Crippen LogP) is 3.93. The fraction of sp³-hybridized carbons (Fsp3) is 0.533. The molecule has 0 aromatic carbocycles. The molecule has 0 saturated carbocycles. The van der Waals surface area contributed by atoms with Gasteiger partial charge in [-0.05, 0) is 22.5 Å². The van der Waals surface area contributed by atoms with Crippen LogP contribution in [0.5, 0.6) is 0 Å². The first kappa shape index (κ1) is 12.2. The number of pyridine rings is 1. The molecule has 92 valence electrons. The molecule has 2 rings (SSSR count). The first-order chi connectivity index (χ1) is 7.69. The molecule has 0 fully saturated rings. The van der Waals surface area contributed by atoms with Gasteiger partial charge in [-0.15, -0.1) is 0 Å². The Kier molecular flexibility index (Phi) is 2.57. The summed E-state index contributed by atoms with van der Waals surface area (Å²) in [4.78, 5) is 0. The van der Waals surface area contributed by atoms with Gasteiger partial charge in [-0.1, -0.05) is 47.6 Å². The summed E-state index contributed by atoms with van der Waals surface area (Å²) in [5, 5.41) is 4.48. The van der Waals surface area contributed by atoms with E-state index >= 15 is 0 Å². The summed E-state index contributed by atoms with van der Waals surface area (Å²) in [6.45, 7) is 13.3. The van der Waals surface area contributed by atoms with Crippen LogP contribution in [0, 0.1) is 0 Å². The number of aromatic nitrogens is 2. The monoisotopic (exact) mass is 230 g/mol. The standard InChI is InChI=1S/C15H22N2/c1-14(2,3)11-7-8-13-12(15(4,5)6)9-16-17(13)10-11/h7-10H,1-6H3. The number of hydrogen-bond donors (Lipinski definition) is 0. The molecule has 0 spiro atoms. The molecule has 2 heterocycles. The third-order valence-corrected chi connectivity index (χ3v) is 3.19. The molecule has 0 amide bonds. The van der Waals surface area contributed by atoms with Gasteiger partial charge < -0.3 is 0 Å². The van der Waals surface area contributed by atoms with E-state index in [0.29, 0.717) is 0 Å². The summed E-state index contributed by atoms with van der Waals surface area (Å²) in [6.07, 6.45) is 4.13. The van der Waals surface area contributed by atoms with Crippen LogP contribution in [0.15, 0.2) is 24.5 Å². The zero-order chi connectivity index (χ0) is 12.8. The van der Waals surface area contributed by atoms with Crippen LogP contribution >= 0.6 is 0 Å². The van der Waals surface area contributed by atoms with E-state index in [1.54, 1.807) is 0 Å². The van der Waals surface area contributed by atoms with Crippen molar-refractivity contribution in [1.29, 1.82) is 0 Å². The van der Waals surface area contributed by atoms with Crippen LogP contribution in [0.1, 0.15) is 52.7 Å². The largest absolute Gasteiger partial charge is 0.240 e. The minimum absolute atomic E-state index is 0.144. The number of rotatable bonds is 0. The number of fused-ring (bicyclic) bond motifs is 1. The van der Waals surface area contributed by atoms with Crippen molar-refractivity contribution in [1.82, 2.24) is 9.61 Å². The first-order valence-electron chi connectivity index (χ1n) is 6.18. The summed E-state index contributed by atoms with van der Waals surface area (Å²) in [5.41, 5.74) is 4.14. The van der Waals surface area contributed by atoms with E-state index in [1.165, 1.54) is 16.6 Å². The van der Waals surface area contributed by atoms with Crippen molar-refractivity contribution in [2.75, 3.05) is 0 Å². The molecule has 0 aliphatic carbocycles. The summed E-state index contributed by atoms with van der Waals surface area (Å²) in [6, 6.07) is 4.40. The molecule has 0 unspecified atom stereocenters. The van der Waals surface area contributed by atoms with E-state index in [9.17, 15) is 0 Å². The molecular formula is C15H22N2. The van der Waals surface area contributed by atoms with Gasteiger partial charge in [-0.2, -0.15) is 5.10 Å². The van der Waals surface area contributed by atoms with Crippen molar-refractivity contribution in [3.8, 4) is 0 Å². The first-order valence-corrected chi connectivity index (χ1v) is 6.18. The van der Waals surface area contributed by atoms with Crippen LogP contribution in [-0.2, 0) is 10.8 Å². The highest BCUT2D eigenvalue weighted by Crippen LogP contribution is 2.28. The Morgan fingerprint density at radius 1 is 0.941 bits per heavy atom. The van der Waals surface area contributed by atoms with Gasteiger partial charge in [0, 0.05) is 11.8 Å². The van der Waals surface area contributed by atoms with Gasteiger partial charge in [0.25, 0.3) is 0 Å². The van der Waals surface area contributed by atoms with Crippen LogP contribution in [0.3, 0.4) is 0 Å². The van der Waals surface area contributed by atoms with Crippen LogP contribution in [0.4, 0.5) is 0 Å². The van der Waals surface area contributed by atoms with Crippen molar-refractivity contribution in [2.24, 2.45) is 0 Å². The smallest absolute Gasteiger partial charge is 0.0699 e. The average molecular weight is 230 g/mol.